The fourth-order valence-corrected chi connectivity index (χ4v) is 5.62. The van der Waals surface area contributed by atoms with Crippen LogP contribution in [0.4, 0.5) is 18.0 Å². The number of rotatable bonds is 9. The summed E-state index contributed by atoms with van der Waals surface area (Å²) in [5.74, 6) is -1.53. The van der Waals surface area contributed by atoms with E-state index in [2.05, 4.69) is 10.4 Å². The molecule has 0 spiro atoms. The first-order chi connectivity index (χ1) is 22.3. The van der Waals surface area contributed by atoms with Crippen LogP contribution in [0.15, 0.2) is 64.8 Å². The summed E-state index contributed by atoms with van der Waals surface area (Å²) in [6.45, 7) is 8.18. The van der Waals surface area contributed by atoms with Crippen molar-refractivity contribution in [2.75, 3.05) is 13.1 Å². The van der Waals surface area contributed by atoms with E-state index in [1.807, 2.05) is 11.6 Å². The Labute approximate surface area is 274 Å². The van der Waals surface area contributed by atoms with Crippen LogP contribution < -0.4 is 4.72 Å². The minimum absolute atomic E-state index is 0.0393. The Morgan fingerprint density at radius 1 is 1.06 bits per heavy atom. The van der Waals surface area contributed by atoms with E-state index in [0.717, 1.165) is 28.4 Å². The quantitative estimate of drug-likeness (QED) is 0.0993. The highest BCUT2D eigenvalue weighted by atomic mass is 32.2. The van der Waals surface area contributed by atoms with Gasteiger partial charge < -0.3 is 14.7 Å². The number of amides is 1. The van der Waals surface area contributed by atoms with Crippen molar-refractivity contribution in [2.45, 2.75) is 70.4 Å². The molecule has 1 aliphatic heterocycles. The van der Waals surface area contributed by atoms with Crippen molar-refractivity contribution in [1.29, 1.82) is 0 Å². The van der Waals surface area contributed by atoms with Gasteiger partial charge in [-0.1, -0.05) is 29.8 Å². The van der Waals surface area contributed by atoms with Crippen molar-refractivity contribution in [3.05, 3.63) is 71.1 Å². The number of halogens is 3. The number of benzene rings is 2. The molecule has 3 aromatic rings. The molecule has 1 aliphatic rings. The Bertz CT molecular complexity index is 1750. The molecular formula is C30H35F3N6O8S. The number of carbonyl (C=O) groups excluding carboxylic acids is 2. The highest BCUT2D eigenvalue weighted by molar-refractivity contribution is 7.90. The molecule has 18 heteroatoms. The lowest BCUT2D eigenvalue weighted by atomic mass is 9.97. The first-order valence-corrected chi connectivity index (χ1v) is 16.2. The fraction of sp³-hybridized carbons (Fsp3) is 0.433. The van der Waals surface area contributed by atoms with Crippen molar-refractivity contribution in [3.8, 4) is 16.9 Å². The van der Waals surface area contributed by atoms with Crippen LogP contribution in [-0.4, -0.2) is 65.2 Å². The van der Waals surface area contributed by atoms with Gasteiger partial charge in [0.2, 0.25) is 11.2 Å². The second kappa shape index (κ2) is 14.1. The number of alkyl halides is 3. The molecule has 4 rings (SSSR count). The SMILES string of the molecule is Cc1ccc(-c2cc(C(F)(F)F)nn2-c2ccc(S(=O)(=O)NC(=O)C3CCN(/[N+]([O-])=N/OC(C)OC(=O)OC(C)(C)C)CC3)cc2)cc1. The molecule has 0 radical (unpaired) electrons. The Morgan fingerprint density at radius 3 is 2.23 bits per heavy atom. The van der Waals surface area contributed by atoms with Gasteiger partial charge in [-0.05, 0) is 70.9 Å². The molecule has 0 aliphatic carbocycles. The largest absolute Gasteiger partial charge is 0.569 e. The van der Waals surface area contributed by atoms with Crippen molar-refractivity contribution >= 4 is 22.1 Å². The number of aryl methyl sites for hydroxylation is 1. The van der Waals surface area contributed by atoms with Crippen LogP contribution in [0.1, 0.15) is 51.8 Å². The molecule has 2 heterocycles. The molecular weight excluding hydrogens is 661 g/mol. The first-order valence-electron chi connectivity index (χ1n) is 14.7. The van der Waals surface area contributed by atoms with Crippen molar-refractivity contribution in [3.63, 3.8) is 0 Å². The summed E-state index contributed by atoms with van der Waals surface area (Å²) in [4.78, 5) is 29.3. The Balaban J connectivity index is 1.36. The van der Waals surface area contributed by atoms with Gasteiger partial charge in [0.1, 0.15) is 5.60 Å². The van der Waals surface area contributed by atoms with Crippen LogP contribution in [0.5, 0.6) is 0 Å². The average Bonchev–Trinajstić information content (AvgIpc) is 3.46. The first kappa shape index (κ1) is 36.0. The van der Waals surface area contributed by atoms with Gasteiger partial charge in [-0.15, -0.1) is 5.01 Å². The van der Waals surface area contributed by atoms with Crippen LogP contribution in [0.2, 0.25) is 0 Å². The van der Waals surface area contributed by atoms with E-state index >= 15 is 0 Å². The Hall–Kier alpha value is -4.87. The Morgan fingerprint density at radius 2 is 1.67 bits per heavy atom. The summed E-state index contributed by atoms with van der Waals surface area (Å²) in [6.07, 6.45) is -6.72. The molecule has 14 nitrogen and oxygen atoms in total. The van der Waals surface area contributed by atoms with Gasteiger partial charge in [-0.3, -0.25) is 9.63 Å². The zero-order valence-electron chi connectivity index (χ0n) is 26.7. The van der Waals surface area contributed by atoms with Gasteiger partial charge in [0, 0.05) is 18.4 Å². The van der Waals surface area contributed by atoms with Gasteiger partial charge in [0.15, 0.2) is 5.69 Å². The van der Waals surface area contributed by atoms with Gasteiger partial charge in [-0.25, -0.2) is 22.6 Å². The van der Waals surface area contributed by atoms with Gasteiger partial charge in [-0.2, -0.15) is 18.3 Å². The zero-order chi connectivity index (χ0) is 35.4. The Kier molecular flexibility index (Phi) is 10.6. The number of nitrogens with one attached hydrogen (secondary N) is 1. The molecule has 1 fully saturated rings. The number of ether oxygens (including phenoxy) is 2. The number of hydrazine groups is 1. The van der Waals surface area contributed by atoms with Crippen molar-refractivity contribution in [1.82, 2.24) is 19.5 Å². The lowest BCUT2D eigenvalue weighted by Crippen LogP contribution is -2.44. The maximum Gasteiger partial charge on any atom is 0.511 e. The zero-order valence-corrected chi connectivity index (χ0v) is 27.5. The van der Waals surface area contributed by atoms with Crippen LogP contribution in [0.3, 0.4) is 0 Å². The molecule has 1 aromatic heterocycles. The highest BCUT2D eigenvalue weighted by Gasteiger charge is 2.36. The second-order valence-electron chi connectivity index (χ2n) is 12.0. The third-order valence-corrected chi connectivity index (χ3v) is 8.34. The predicted octanol–water partition coefficient (Wildman–Crippen LogP) is 5.49. The summed E-state index contributed by atoms with van der Waals surface area (Å²) < 4.78 is 79.6. The number of hydrogen-bond donors (Lipinski definition) is 1. The summed E-state index contributed by atoms with van der Waals surface area (Å²) in [7, 11) is -4.35. The summed E-state index contributed by atoms with van der Waals surface area (Å²) >= 11 is 0. The normalized spacial score (nSPS) is 15.5. The smallest absolute Gasteiger partial charge is 0.511 e. The second-order valence-corrected chi connectivity index (χ2v) is 13.7. The van der Waals surface area contributed by atoms with Crippen LogP contribution >= 0.6 is 0 Å². The lowest BCUT2D eigenvalue weighted by molar-refractivity contribution is -0.715. The number of aromatic nitrogens is 2. The van der Waals surface area contributed by atoms with E-state index in [-0.39, 0.29) is 47.2 Å². The summed E-state index contributed by atoms with van der Waals surface area (Å²) in [6, 6.07) is 12.6. The fourth-order valence-electron chi connectivity index (χ4n) is 4.58. The summed E-state index contributed by atoms with van der Waals surface area (Å²) in [5.41, 5.74) is -0.203. The molecule has 260 valence electrons. The third kappa shape index (κ3) is 9.36. The molecule has 0 bridgehead atoms. The van der Waals surface area contributed by atoms with Crippen LogP contribution in [0, 0.1) is 18.0 Å². The maximum absolute atomic E-state index is 13.5. The number of hydrogen-bond acceptors (Lipinski definition) is 10. The number of piperidine rings is 1. The van der Waals surface area contributed by atoms with E-state index in [0.29, 0.717) is 5.56 Å². The van der Waals surface area contributed by atoms with Gasteiger partial charge in [0.05, 0.1) is 34.3 Å². The number of carbonyl (C=O) groups is 2. The van der Waals surface area contributed by atoms with Crippen molar-refractivity contribution < 1.29 is 50.5 Å². The average molecular weight is 697 g/mol. The molecule has 2 aromatic carbocycles. The third-order valence-electron chi connectivity index (χ3n) is 6.97. The molecule has 0 saturated carbocycles. The standard InChI is InChI=1S/C30H35F3N6O8S/c1-19-6-8-21(9-7-19)25-18-26(30(31,32)33)34-38(25)23-10-12-24(13-11-23)48(43,44)35-27(40)22-14-16-37(17-15-22)39(42)36-47-20(2)45-28(41)46-29(3,4)5/h6-13,18,20,22H,14-17H2,1-5H3,(H,35,40)/b39-36-. The van der Waals surface area contributed by atoms with E-state index in [4.69, 9.17) is 14.3 Å². The van der Waals surface area contributed by atoms with E-state index < -0.39 is 51.8 Å². The molecule has 1 unspecified atom stereocenters. The van der Waals surface area contributed by atoms with E-state index in [1.165, 1.54) is 24.1 Å². The summed E-state index contributed by atoms with van der Waals surface area (Å²) in [5, 5.41) is 20.6. The van der Waals surface area contributed by atoms with Crippen molar-refractivity contribution in [2.24, 2.45) is 11.2 Å². The molecule has 1 N–H and O–H groups in total. The highest BCUT2D eigenvalue weighted by Crippen LogP contribution is 2.33. The minimum Gasteiger partial charge on any atom is -0.569 e. The molecule has 48 heavy (non-hydrogen) atoms. The van der Waals surface area contributed by atoms with E-state index in [9.17, 15) is 36.4 Å². The predicted molar refractivity (Wildman–Crippen MR) is 162 cm³/mol. The lowest BCUT2D eigenvalue weighted by Gasteiger charge is -2.27. The topological polar surface area (TPSA) is 167 Å². The number of sulfonamides is 1. The monoisotopic (exact) mass is 696 g/mol. The number of nitrogens with zero attached hydrogens (tertiary/aromatic N) is 5. The maximum atomic E-state index is 13.5. The van der Waals surface area contributed by atoms with Crippen LogP contribution in [0.25, 0.3) is 16.9 Å². The molecule has 1 saturated heterocycles. The van der Waals surface area contributed by atoms with E-state index in [1.54, 1.807) is 45.0 Å². The van der Waals surface area contributed by atoms with Crippen LogP contribution in [-0.2, 0) is 35.3 Å². The van der Waals surface area contributed by atoms with Gasteiger partial charge >= 0.3 is 12.3 Å². The minimum atomic E-state index is -4.71. The van der Waals surface area contributed by atoms with Gasteiger partial charge in [0.25, 0.3) is 16.3 Å². The molecule has 1 atom stereocenters. The molecule has 1 amide bonds.